The van der Waals surface area contributed by atoms with Crippen molar-refractivity contribution in [2.24, 2.45) is 0 Å². The Morgan fingerprint density at radius 1 is 1.02 bits per heavy atom. The van der Waals surface area contributed by atoms with Crippen LogP contribution in [-0.2, 0) is 4.74 Å². The maximum atomic E-state index is 6.36. The van der Waals surface area contributed by atoms with Crippen molar-refractivity contribution in [2.75, 3.05) is 44.0 Å². The van der Waals surface area contributed by atoms with Crippen molar-refractivity contribution in [3.8, 4) is 5.75 Å². The first kappa shape index (κ1) is 30.2. The van der Waals surface area contributed by atoms with Crippen molar-refractivity contribution >= 4 is 45.9 Å². The van der Waals surface area contributed by atoms with E-state index in [1.807, 2.05) is 30.1 Å². The van der Waals surface area contributed by atoms with Gasteiger partial charge in [0, 0.05) is 30.0 Å². The molecule has 1 aliphatic rings. The minimum absolute atomic E-state index is 0.0380. The Balaban J connectivity index is 1.43. The van der Waals surface area contributed by atoms with Crippen molar-refractivity contribution in [2.45, 2.75) is 69.6 Å². The first-order chi connectivity index (χ1) is 20.3. The van der Waals surface area contributed by atoms with E-state index in [4.69, 9.17) is 19.4 Å². The number of nitrogens with zero attached hydrogens (tertiary/aromatic N) is 3. The van der Waals surface area contributed by atoms with Gasteiger partial charge in [-0.3, -0.25) is 0 Å². The number of aromatic amines is 1. The number of benzene rings is 2. The molecule has 0 saturated carbocycles. The minimum atomic E-state index is 0.0380. The van der Waals surface area contributed by atoms with Crippen molar-refractivity contribution in [3.05, 3.63) is 59.8 Å². The van der Waals surface area contributed by atoms with Crippen LogP contribution in [0.2, 0.25) is 0 Å². The highest BCUT2D eigenvalue weighted by Gasteiger charge is 2.24. The van der Waals surface area contributed by atoms with Crippen LogP contribution in [0.15, 0.2) is 53.6 Å². The SMILES string of the molecule is COCCN1CCC(c2cc(OC(C)C)c(Nc3nc(Nc4ccccc4SC(C)C)c4cc[nH]c4n3)cc2C)CC1. The zero-order valence-electron chi connectivity index (χ0n) is 25.7. The van der Waals surface area contributed by atoms with Gasteiger partial charge in [-0.15, -0.1) is 11.8 Å². The molecule has 0 amide bonds. The van der Waals surface area contributed by atoms with E-state index >= 15 is 0 Å². The molecule has 8 nitrogen and oxygen atoms in total. The highest BCUT2D eigenvalue weighted by atomic mass is 32.2. The summed E-state index contributed by atoms with van der Waals surface area (Å²) in [7, 11) is 1.77. The number of fused-ring (bicyclic) bond motifs is 1. The Labute approximate surface area is 254 Å². The third-order valence-corrected chi connectivity index (χ3v) is 8.62. The Morgan fingerprint density at radius 2 is 1.81 bits per heavy atom. The molecule has 0 bridgehead atoms. The van der Waals surface area contributed by atoms with Crippen LogP contribution < -0.4 is 15.4 Å². The summed E-state index contributed by atoms with van der Waals surface area (Å²) in [6.45, 7) is 14.7. The van der Waals surface area contributed by atoms with Gasteiger partial charge in [-0.2, -0.15) is 9.97 Å². The fraction of sp³-hybridized carbons (Fsp3) is 0.455. The lowest BCUT2D eigenvalue weighted by atomic mass is 9.86. The number of hydrogen-bond acceptors (Lipinski definition) is 8. The lowest BCUT2D eigenvalue weighted by Gasteiger charge is -2.33. The minimum Gasteiger partial charge on any atom is -0.489 e. The van der Waals surface area contributed by atoms with Crippen LogP contribution in [0.1, 0.15) is 57.6 Å². The summed E-state index contributed by atoms with van der Waals surface area (Å²) in [6, 6.07) is 14.8. The molecule has 224 valence electrons. The van der Waals surface area contributed by atoms with Crippen LogP contribution in [0.3, 0.4) is 0 Å². The number of piperidine rings is 1. The van der Waals surface area contributed by atoms with Crippen LogP contribution in [0.4, 0.5) is 23.1 Å². The number of thioether (sulfide) groups is 1. The predicted molar refractivity (Wildman–Crippen MR) is 175 cm³/mol. The molecule has 2 aromatic carbocycles. The Kier molecular flexibility index (Phi) is 9.92. The molecule has 9 heteroatoms. The molecule has 3 heterocycles. The van der Waals surface area contributed by atoms with Crippen LogP contribution in [0.5, 0.6) is 5.75 Å². The predicted octanol–water partition coefficient (Wildman–Crippen LogP) is 7.87. The van der Waals surface area contributed by atoms with Gasteiger partial charge in [0.05, 0.1) is 29.5 Å². The molecule has 0 unspecified atom stereocenters. The normalized spacial score (nSPS) is 14.7. The van der Waals surface area contributed by atoms with Gasteiger partial charge in [0.25, 0.3) is 0 Å². The van der Waals surface area contributed by atoms with E-state index in [9.17, 15) is 0 Å². The molecule has 0 atom stereocenters. The molecular formula is C33H44N6O2S. The summed E-state index contributed by atoms with van der Waals surface area (Å²) in [5.41, 5.74) is 5.28. The number of aryl methyl sites for hydroxylation is 1. The van der Waals surface area contributed by atoms with Crippen LogP contribution in [-0.4, -0.2) is 64.6 Å². The topological polar surface area (TPSA) is 87.3 Å². The van der Waals surface area contributed by atoms with E-state index in [1.165, 1.54) is 16.0 Å². The number of anilines is 4. The Bertz CT molecular complexity index is 1480. The van der Waals surface area contributed by atoms with E-state index in [1.54, 1.807) is 7.11 Å². The first-order valence-electron chi connectivity index (χ1n) is 15.0. The van der Waals surface area contributed by atoms with Crippen molar-refractivity contribution in [3.63, 3.8) is 0 Å². The number of likely N-dealkylation sites (tertiary alicyclic amines) is 1. The van der Waals surface area contributed by atoms with Crippen molar-refractivity contribution < 1.29 is 9.47 Å². The molecule has 1 saturated heterocycles. The summed E-state index contributed by atoms with van der Waals surface area (Å²) in [6.07, 6.45) is 4.21. The summed E-state index contributed by atoms with van der Waals surface area (Å²) >= 11 is 1.83. The molecule has 2 aromatic heterocycles. The number of aromatic nitrogens is 3. The molecule has 1 fully saturated rings. The van der Waals surface area contributed by atoms with Gasteiger partial charge in [-0.05, 0) is 94.1 Å². The quantitative estimate of drug-likeness (QED) is 0.144. The van der Waals surface area contributed by atoms with Crippen LogP contribution in [0, 0.1) is 6.92 Å². The monoisotopic (exact) mass is 588 g/mol. The van der Waals surface area contributed by atoms with E-state index in [0.717, 1.165) is 73.1 Å². The number of rotatable bonds is 12. The van der Waals surface area contributed by atoms with E-state index in [0.29, 0.717) is 17.1 Å². The number of H-pyrrole nitrogens is 1. The lowest BCUT2D eigenvalue weighted by molar-refractivity contribution is 0.130. The van der Waals surface area contributed by atoms with Crippen molar-refractivity contribution in [1.82, 2.24) is 19.9 Å². The van der Waals surface area contributed by atoms with E-state index in [2.05, 4.69) is 85.5 Å². The summed E-state index contributed by atoms with van der Waals surface area (Å²) < 4.78 is 11.6. The van der Waals surface area contributed by atoms with Gasteiger partial charge < -0.3 is 30.0 Å². The summed E-state index contributed by atoms with van der Waals surface area (Å²) in [5.74, 6) is 2.60. The van der Waals surface area contributed by atoms with Gasteiger partial charge in [0.1, 0.15) is 17.2 Å². The maximum Gasteiger partial charge on any atom is 0.231 e. The second kappa shape index (κ2) is 13.8. The second-order valence-corrected chi connectivity index (χ2v) is 13.1. The molecule has 5 rings (SSSR count). The standard InChI is InChI=1S/C33H44N6O2S/c1-21(2)41-29-20-26(24-12-15-39(16-13-24)17-18-40-6)23(5)19-28(29)36-33-37-31-25(11-14-34-31)32(38-33)35-27-9-7-8-10-30(27)42-22(3)4/h7-11,14,19-22,24H,12-13,15-18H2,1-6H3,(H3,34,35,36,37,38). The molecule has 0 aliphatic carbocycles. The lowest BCUT2D eigenvalue weighted by Crippen LogP contribution is -2.35. The number of ether oxygens (including phenoxy) is 2. The molecular weight excluding hydrogens is 544 g/mol. The Hall–Kier alpha value is -3.27. The van der Waals surface area contributed by atoms with Gasteiger partial charge in [0.2, 0.25) is 5.95 Å². The van der Waals surface area contributed by atoms with Crippen LogP contribution >= 0.6 is 11.8 Å². The molecule has 4 aromatic rings. The second-order valence-electron chi connectivity index (χ2n) is 11.5. The molecule has 3 N–H and O–H groups in total. The first-order valence-corrected chi connectivity index (χ1v) is 15.9. The third kappa shape index (κ3) is 7.38. The largest absolute Gasteiger partial charge is 0.489 e. The van der Waals surface area contributed by atoms with Crippen LogP contribution in [0.25, 0.3) is 11.0 Å². The molecule has 0 spiro atoms. The molecule has 42 heavy (non-hydrogen) atoms. The van der Waals surface area contributed by atoms with E-state index < -0.39 is 0 Å². The number of nitrogens with one attached hydrogen (secondary N) is 3. The van der Waals surface area contributed by atoms with Gasteiger partial charge >= 0.3 is 0 Å². The van der Waals surface area contributed by atoms with Gasteiger partial charge in [0.15, 0.2) is 0 Å². The smallest absolute Gasteiger partial charge is 0.231 e. The van der Waals surface area contributed by atoms with E-state index in [-0.39, 0.29) is 6.10 Å². The average molecular weight is 589 g/mol. The summed E-state index contributed by atoms with van der Waals surface area (Å²) in [4.78, 5) is 16.7. The molecule has 0 radical (unpaired) electrons. The fourth-order valence-corrected chi connectivity index (χ4v) is 6.46. The Morgan fingerprint density at radius 3 is 2.55 bits per heavy atom. The maximum absolute atomic E-state index is 6.36. The third-order valence-electron chi connectivity index (χ3n) is 7.53. The highest BCUT2D eigenvalue weighted by molar-refractivity contribution is 8.00. The molecule has 1 aliphatic heterocycles. The highest BCUT2D eigenvalue weighted by Crippen LogP contribution is 2.39. The zero-order chi connectivity index (χ0) is 29.6. The number of hydrogen-bond donors (Lipinski definition) is 3. The number of para-hydroxylation sites is 1. The van der Waals surface area contributed by atoms with Crippen molar-refractivity contribution in [1.29, 1.82) is 0 Å². The van der Waals surface area contributed by atoms with Gasteiger partial charge in [-0.1, -0.05) is 26.0 Å². The zero-order valence-corrected chi connectivity index (χ0v) is 26.5. The summed E-state index contributed by atoms with van der Waals surface area (Å²) in [5, 5.41) is 8.49. The fourth-order valence-electron chi connectivity index (χ4n) is 5.55. The average Bonchev–Trinajstić information content (AvgIpc) is 3.43. The number of methoxy groups -OCH3 is 1. The van der Waals surface area contributed by atoms with Gasteiger partial charge in [-0.25, -0.2) is 0 Å².